The van der Waals surface area contributed by atoms with Gasteiger partial charge < -0.3 is 5.32 Å². The summed E-state index contributed by atoms with van der Waals surface area (Å²) < 4.78 is 0. The van der Waals surface area contributed by atoms with Crippen molar-refractivity contribution < 1.29 is 4.79 Å². The highest BCUT2D eigenvalue weighted by molar-refractivity contribution is 7.83. The van der Waals surface area contributed by atoms with Crippen molar-refractivity contribution in [1.29, 1.82) is 0 Å². The van der Waals surface area contributed by atoms with Gasteiger partial charge in [0.1, 0.15) is 0 Å². The molecule has 0 saturated heterocycles. The largest absolute Gasteiger partial charge is 0.332 e. The van der Waals surface area contributed by atoms with E-state index in [2.05, 4.69) is 17.9 Å². The number of hydrogen-bond acceptors (Lipinski definition) is 2. The predicted octanol–water partition coefficient (Wildman–Crippen LogP) is 0.524. The van der Waals surface area contributed by atoms with Crippen LogP contribution >= 0.6 is 12.6 Å². The van der Waals surface area contributed by atoms with Crippen LogP contribution in [0.1, 0.15) is 6.92 Å². The normalized spacial score (nSPS) is 9.43. The summed E-state index contributed by atoms with van der Waals surface area (Å²) in [4.78, 5) is 10.0. The molecule has 0 aromatic heterocycles. The monoisotopic (exact) mass is 117 g/mol. The molecule has 0 bridgehead atoms. The smallest absolute Gasteiger partial charge is 0.220 e. The maximum absolute atomic E-state index is 10.0. The SMILES string of the molecule is CC(=O)N/C=C/S. The molecule has 0 radical (unpaired) electrons. The van der Waals surface area contributed by atoms with Crippen LogP contribution < -0.4 is 5.32 Å². The van der Waals surface area contributed by atoms with Gasteiger partial charge in [-0.05, 0) is 5.41 Å². The molecule has 0 rings (SSSR count). The molecule has 0 aromatic rings. The van der Waals surface area contributed by atoms with Crippen molar-refractivity contribution in [2.24, 2.45) is 0 Å². The zero-order valence-electron chi connectivity index (χ0n) is 4.01. The van der Waals surface area contributed by atoms with Gasteiger partial charge in [0.25, 0.3) is 0 Å². The zero-order chi connectivity index (χ0) is 5.70. The molecule has 1 N–H and O–H groups in total. The molecule has 0 aliphatic rings. The molecule has 0 atom stereocenters. The Morgan fingerprint density at radius 3 is 2.57 bits per heavy atom. The molecule has 3 heteroatoms. The van der Waals surface area contributed by atoms with Crippen LogP contribution in [0.5, 0.6) is 0 Å². The van der Waals surface area contributed by atoms with Gasteiger partial charge in [0.15, 0.2) is 0 Å². The first-order valence-corrected chi connectivity index (χ1v) is 2.35. The first-order chi connectivity index (χ1) is 3.27. The Morgan fingerprint density at radius 1 is 1.86 bits per heavy atom. The summed E-state index contributed by atoms with van der Waals surface area (Å²) in [6.45, 7) is 1.44. The van der Waals surface area contributed by atoms with Gasteiger partial charge in [0, 0.05) is 13.1 Å². The average molecular weight is 117 g/mol. The highest BCUT2D eigenvalue weighted by Crippen LogP contribution is 1.70. The Morgan fingerprint density at radius 2 is 2.43 bits per heavy atom. The first kappa shape index (κ1) is 6.56. The first-order valence-electron chi connectivity index (χ1n) is 1.83. The number of carbonyl (C=O) groups excluding carboxylic acids is 1. The fourth-order valence-electron chi connectivity index (χ4n) is 0.155. The Labute approximate surface area is 48.0 Å². The number of hydrogen-bond donors (Lipinski definition) is 2. The van der Waals surface area contributed by atoms with Crippen molar-refractivity contribution in [2.45, 2.75) is 6.92 Å². The van der Waals surface area contributed by atoms with Crippen LogP contribution in [0, 0.1) is 0 Å². The highest BCUT2D eigenvalue weighted by atomic mass is 32.1. The number of carbonyl (C=O) groups is 1. The van der Waals surface area contributed by atoms with Crippen LogP contribution in [0.25, 0.3) is 0 Å². The average Bonchev–Trinajstić information content (AvgIpc) is 1.61. The minimum absolute atomic E-state index is 0.0784. The zero-order valence-corrected chi connectivity index (χ0v) is 4.90. The molecule has 0 aliphatic heterocycles. The van der Waals surface area contributed by atoms with E-state index in [1.54, 1.807) is 0 Å². The van der Waals surface area contributed by atoms with Crippen molar-refractivity contribution in [1.82, 2.24) is 5.32 Å². The van der Waals surface area contributed by atoms with Crippen LogP contribution in [0.2, 0.25) is 0 Å². The number of thiol groups is 1. The molecular formula is C4H7NOS. The fourth-order valence-corrected chi connectivity index (χ4v) is 0.229. The molecular weight excluding hydrogens is 110 g/mol. The van der Waals surface area contributed by atoms with Gasteiger partial charge in [-0.2, -0.15) is 0 Å². The molecule has 0 unspecified atom stereocenters. The van der Waals surface area contributed by atoms with Gasteiger partial charge in [-0.15, -0.1) is 12.6 Å². The Kier molecular flexibility index (Phi) is 3.50. The van der Waals surface area contributed by atoms with Gasteiger partial charge in [-0.3, -0.25) is 4.79 Å². The molecule has 0 heterocycles. The topological polar surface area (TPSA) is 29.1 Å². The summed E-state index contributed by atoms with van der Waals surface area (Å²) in [5.41, 5.74) is 0. The quantitative estimate of drug-likeness (QED) is 0.482. The second kappa shape index (κ2) is 3.74. The van der Waals surface area contributed by atoms with E-state index in [0.29, 0.717) is 0 Å². The summed E-state index contributed by atoms with van der Waals surface area (Å²) in [5, 5.41) is 3.86. The molecule has 0 saturated carbocycles. The second-order valence-corrected chi connectivity index (χ2v) is 1.31. The van der Waals surface area contributed by atoms with Crippen molar-refractivity contribution in [3.05, 3.63) is 11.6 Å². The van der Waals surface area contributed by atoms with E-state index >= 15 is 0 Å². The van der Waals surface area contributed by atoms with Crippen molar-refractivity contribution >= 4 is 18.5 Å². The van der Waals surface area contributed by atoms with E-state index < -0.39 is 0 Å². The summed E-state index contributed by atoms with van der Waals surface area (Å²) in [6, 6.07) is 0. The molecule has 0 spiro atoms. The van der Waals surface area contributed by atoms with Crippen molar-refractivity contribution in [2.75, 3.05) is 0 Å². The van der Waals surface area contributed by atoms with E-state index in [1.807, 2.05) is 0 Å². The summed E-state index contributed by atoms with van der Waals surface area (Å²) >= 11 is 3.70. The lowest BCUT2D eigenvalue weighted by molar-refractivity contribution is -0.118. The lowest BCUT2D eigenvalue weighted by atomic mass is 10.7. The maximum atomic E-state index is 10.0. The summed E-state index contributed by atoms with van der Waals surface area (Å²) in [5.74, 6) is -0.0784. The van der Waals surface area contributed by atoms with Crippen molar-refractivity contribution in [3.8, 4) is 0 Å². The minimum Gasteiger partial charge on any atom is -0.332 e. The molecule has 40 valence electrons. The van der Waals surface area contributed by atoms with Crippen molar-refractivity contribution in [3.63, 3.8) is 0 Å². The molecule has 0 aromatic carbocycles. The van der Waals surface area contributed by atoms with Crippen LogP contribution in [0.15, 0.2) is 11.6 Å². The Bertz CT molecular complexity index is 89.7. The fraction of sp³-hybridized carbons (Fsp3) is 0.250. The summed E-state index contributed by atoms with van der Waals surface area (Å²) in [7, 11) is 0. The van der Waals surface area contributed by atoms with E-state index in [1.165, 1.54) is 18.5 Å². The maximum Gasteiger partial charge on any atom is 0.220 e. The molecule has 0 fully saturated rings. The van der Waals surface area contributed by atoms with Crippen LogP contribution in [-0.4, -0.2) is 5.91 Å². The third-order valence-electron chi connectivity index (χ3n) is 0.361. The highest BCUT2D eigenvalue weighted by Gasteiger charge is 1.77. The van der Waals surface area contributed by atoms with Crippen LogP contribution in [-0.2, 0) is 4.79 Å². The number of nitrogens with one attached hydrogen (secondary N) is 1. The second-order valence-electron chi connectivity index (χ2n) is 1.02. The van der Waals surface area contributed by atoms with Crippen LogP contribution in [0.4, 0.5) is 0 Å². The van der Waals surface area contributed by atoms with E-state index in [0.717, 1.165) is 0 Å². The summed E-state index contributed by atoms with van der Waals surface area (Å²) in [6.07, 6.45) is 1.46. The predicted molar refractivity (Wildman–Crippen MR) is 31.9 cm³/mol. The Hall–Kier alpha value is -0.440. The third-order valence-corrected chi connectivity index (χ3v) is 0.510. The lowest BCUT2D eigenvalue weighted by Gasteiger charge is -1.85. The number of amides is 1. The van der Waals surface area contributed by atoms with Gasteiger partial charge in [0.2, 0.25) is 5.91 Å². The van der Waals surface area contributed by atoms with Gasteiger partial charge >= 0.3 is 0 Å². The Balaban J connectivity index is 3.14. The third kappa shape index (κ3) is 5.56. The van der Waals surface area contributed by atoms with Gasteiger partial charge in [-0.1, -0.05) is 0 Å². The van der Waals surface area contributed by atoms with Gasteiger partial charge in [-0.25, -0.2) is 0 Å². The van der Waals surface area contributed by atoms with E-state index in [-0.39, 0.29) is 5.91 Å². The molecule has 7 heavy (non-hydrogen) atoms. The lowest BCUT2D eigenvalue weighted by Crippen LogP contribution is -2.10. The van der Waals surface area contributed by atoms with E-state index in [4.69, 9.17) is 0 Å². The van der Waals surface area contributed by atoms with E-state index in [9.17, 15) is 4.79 Å². The molecule has 0 aliphatic carbocycles. The molecule has 2 nitrogen and oxygen atoms in total. The molecule has 1 amide bonds. The van der Waals surface area contributed by atoms with Crippen LogP contribution in [0.3, 0.4) is 0 Å². The van der Waals surface area contributed by atoms with Gasteiger partial charge in [0.05, 0.1) is 0 Å². The number of rotatable bonds is 1. The minimum atomic E-state index is -0.0784. The standard InChI is InChI=1S/C4H7NOS/c1-4(6)5-2-3-7/h2-3,7H,1H3,(H,5,6)/b3-2+.